The van der Waals surface area contributed by atoms with Crippen molar-refractivity contribution in [3.63, 3.8) is 0 Å². The van der Waals surface area contributed by atoms with Gasteiger partial charge < -0.3 is 19.7 Å². The summed E-state index contributed by atoms with van der Waals surface area (Å²) in [7, 11) is 3.07. The molecule has 158 valence electrons. The number of amides is 3. The molecule has 0 atom stereocenters. The smallest absolute Gasteiger partial charge is 0.338 e. The van der Waals surface area contributed by atoms with E-state index in [9.17, 15) is 14.0 Å². The number of hydrogen-bond acceptors (Lipinski definition) is 5. The molecule has 0 aliphatic carbocycles. The first-order chi connectivity index (χ1) is 14.4. The van der Waals surface area contributed by atoms with Crippen LogP contribution >= 0.6 is 0 Å². The summed E-state index contributed by atoms with van der Waals surface area (Å²) in [4.78, 5) is 27.2. The summed E-state index contributed by atoms with van der Waals surface area (Å²) < 4.78 is 24.0. The number of nitrogens with zero attached hydrogens (tertiary/aromatic N) is 2. The first kappa shape index (κ1) is 20.0. The van der Waals surface area contributed by atoms with Crippen LogP contribution in [0.25, 0.3) is 0 Å². The number of benzene rings is 2. The molecule has 2 saturated heterocycles. The number of halogens is 1. The average molecular weight is 414 g/mol. The van der Waals surface area contributed by atoms with Crippen LogP contribution in [0.2, 0.25) is 0 Å². The minimum Gasteiger partial charge on any atom is -0.497 e. The van der Waals surface area contributed by atoms with Gasteiger partial charge >= 0.3 is 6.03 Å². The summed E-state index contributed by atoms with van der Waals surface area (Å²) in [5, 5.41) is 4.26. The molecule has 2 aromatic carbocycles. The Morgan fingerprint density at radius 3 is 2.33 bits per heavy atom. The fraction of sp³-hybridized carbons (Fsp3) is 0.333. The molecule has 3 amide bonds. The van der Waals surface area contributed by atoms with Crippen molar-refractivity contribution in [3.8, 4) is 11.5 Å². The number of likely N-dealkylation sites (tertiary alicyclic amines) is 1. The van der Waals surface area contributed by atoms with Crippen molar-refractivity contribution >= 4 is 17.6 Å². The van der Waals surface area contributed by atoms with E-state index in [0.717, 1.165) is 0 Å². The molecule has 2 heterocycles. The Hall–Kier alpha value is -3.33. The molecule has 9 heteroatoms. The maximum Gasteiger partial charge on any atom is 0.338 e. The average Bonchev–Trinajstić information content (AvgIpc) is 3.09. The Morgan fingerprint density at radius 2 is 1.73 bits per heavy atom. The molecule has 2 aromatic rings. The minimum absolute atomic E-state index is 0.131. The van der Waals surface area contributed by atoms with E-state index in [1.807, 2.05) is 0 Å². The monoisotopic (exact) mass is 414 g/mol. The van der Waals surface area contributed by atoms with E-state index in [4.69, 9.17) is 9.47 Å². The lowest BCUT2D eigenvalue weighted by atomic mass is 9.97. The Labute approximate surface area is 173 Å². The van der Waals surface area contributed by atoms with Crippen molar-refractivity contribution in [2.75, 3.05) is 32.3 Å². The number of piperidine rings is 1. The van der Waals surface area contributed by atoms with E-state index in [1.54, 1.807) is 35.2 Å². The molecular formula is C21H23FN4O4. The number of urea groups is 1. The van der Waals surface area contributed by atoms with E-state index < -0.39 is 11.5 Å². The third-order valence-electron chi connectivity index (χ3n) is 5.44. The molecule has 0 aromatic heterocycles. The fourth-order valence-corrected chi connectivity index (χ4v) is 3.79. The van der Waals surface area contributed by atoms with Gasteiger partial charge in [-0.2, -0.15) is 0 Å². The van der Waals surface area contributed by atoms with Gasteiger partial charge in [0, 0.05) is 37.6 Å². The molecule has 4 rings (SSSR count). The largest absolute Gasteiger partial charge is 0.497 e. The van der Waals surface area contributed by atoms with E-state index in [-0.39, 0.29) is 11.9 Å². The van der Waals surface area contributed by atoms with Gasteiger partial charge in [0.25, 0.3) is 5.91 Å². The van der Waals surface area contributed by atoms with Crippen LogP contribution in [0, 0.1) is 5.82 Å². The fourth-order valence-electron chi connectivity index (χ4n) is 3.79. The number of hydrogen-bond donors (Lipinski definition) is 2. The molecule has 1 spiro atoms. The highest BCUT2D eigenvalue weighted by Gasteiger charge is 2.45. The highest BCUT2D eigenvalue weighted by molar-refractivity contribution is 5.96. The quantitative estimate of drug-likeness (QED) is 0.803. The molecular weight excluding hydrogens is 391 g/mol. The van der Waals surface area contributed by atoms with Crippen LogP contribution in [0.15, 0.2) is 42.5 Å². The zero-order valence-electron chi connectivity index (χ0n) is 16.8. The van der Waals surface area contributed by atoms with Crippen molar-refractivity contribution in [2.45, 2.75) is 18.5 Å². The molecule has 30 heavy (non-hydrogen) atoms. The zero-order valence-corrected chi connectivity index (χ0v) is 16.8. The molecule has 2 aliphatic rings. The van der Waals surface area contributed by atoms with Crippen molar-refractivity contribution < 1.29 is 23.5 Å². The molecule has 0 saturated carbocycles. The molecule has 2 aliphatic heterocycles. The van der Waals surface area contributed by atoms with Crippen LogP contribution in [0.4, 0.5) is 14.9 Å². The summed E-state index contributed by atoms with van der Waals surface area (Å²) in [6, 6.07) is 10.5. The van der Waals surface area contributed by atoms with Crippen molar-refractivity contribution in [1.82, 2.24) is 15.6 Å². The number of nitrogens with one attached hydrogen (secondary N) is 2. The third-order valence-corrected chi connectivity index (χ3v) is 5.44. The molecule has 0 bridgehead atoms. The number of anilines is 1. The first-order valence-electron chi connectivity index (χ1n) is 9.61. The molecule has 2 N–H and O–H groups in total. The van der Waals surface area contributed by atoms with Gasteiger partial charge in [-0.1, -0.05) is 6.07 Å². The van der Waals surface area contributed by atoms with Gasteiger partial charge in [-0.3, -0.25) is 4.79 Å². The predicted octanol–water partition coefficient (Wildman–Crippen LogP) is 2.51. The van der Waals surface area contributed by atoms with Gasteiger partial charge in [0.2, 0.25) is 0 Å². The SMILES string of the molecule is COc1cc(OC)cc(C(=O)N2CCC3(CC2)NC(=O)N(c2cccc(F)c2)N3)c1. The predicted molar refractivity (Wildman–Crippen MR) is 108 cm³/mol. The van der Waals surface area contributed by atoms with Crippen molar-refractivity contribution in [3.05, 3.63) is 53.8 Å². The lowest BCUT2D eigenvalue weighted by molar-refractivity contribution is 0.0640. The second-order valence-electron chi connectivity index (χ2n) is 7.33. The number of rotatable bonds is 4. The van der Waals surface area contributed by atoms with Gasteiger partial charge in [-0.05, 0) is 30.3 Å². The normalized spacial score (nSPS) is 17.8. The highest BCUT2D eigenvalue weighted by atomic mass is 19.1. The van der Waals surface area contributed by atoms with Crippen molar-refractivity contribution in [1.29, 1.82) is 0 Å². The Morgan fingerprint density at radius 1 is 1.07 bits per heavy atom. The minimum atomic E-state index is -0.674. The summed E-state index contributed by atoms with van der Waals surface area (Å²) >= 11 is 0. The Kier molecular flexibility index (Phi) is 5.21. The van der Waals surface area contributed by atoms with Crippen molar-refractivity contribution in [2.24, 2.45) is 0 Å². The topological polar surface area (TPSA) is 83.1 Å². The van der Waals surface area contributed by atoms with Gasteiger partial charge in [-0.25, -0.2) is 19.6 Å². The summed E-state index contributed by atoms with van der Waals surface area (Å²) in [6.45, 7) is 0.894. The number of hydrazine groups is 1. The number of carbonyl (C=O) groups is 2. The van der Waals surface area contributed by atoms with Crippen LogP contribution in [-0.4, -0.2) is 49.8 Å². The van der Waals surface area contributed by atoms with Crippen LogP contribution in [-0.2, 0) is 0 Å². The maximum atomic E-state index is 13.5. The van der Waals surface area contributed by atoms with Gasteiger partial charge in [0.05, 0.1) is 19.9 Å². The molecule has 2 fully saturated rings. The molecule has 8 nitrogen and oxygen atoms in total. The molecule has 0 unspecified atom stereocenters. The van der Waals surface area contributed by atoms with E-state index in [0.29, 0.717) is 48.7 Å². The van der Waals surface area contributed by atoms with Crippen LogP contribution in [0.3, 0.4) is 0 Å². The second-order valence-corrected chi connectivity index (χ2v) is 7.33. The Balaban J connectivity index is 1.45. The van der Waals surface area contributed by atoms with E-state index in [1.165, 1.54) is 31.4 Å². The number of ether oxygens (including phenoxy) is 2. The summed E-state index contributed by atoms with van der Waals surface area (Å²) in [6.07, 6.45) is 1.02. The van der Waals surface area contributed by atoms with Gasteiger partial charge in [-0.15, -0.1) is 0 Å². The highest BCUT2D eigenvalue weighted by Crippen LogP contribution is 2.29. The zero-order chi connectivity index (χ0) is 21.3. The maximum absolute atomic E-state index is 13.5. The standard InChI is InChI=1S/C21H23FN4O4/c1-29-17-10-14(11-18(13-17)30-2)19(27)25-8-6-21(7-9-25)23-20(28)26(24-21)16-5-3-4-15(22)12-16/h3-5,10-13,24H,6-9H2,1-2H3,(H,23,28). The lowest BCUT2D eigenvalue weighted by Crippen LogP contribution is -2.58. The first-order valence-corrected chi connectivity index (χ1v) is 9.61. The van der Waals surface area contributed by atoms with E-state index >= 15 is 0 Å². The summed E-state index contributed by atoms with van der Waals surface area (Å²) in [5.41, 5.74) is 3.39. The Bertz CT molecular complexity index is 953. The summed E-state index contributed by atoms with van der Waals surface area (Å²) in [5.74, 6) is 0.536. The lowest BCUT2D eigenvalue weighted by Gasteiger charge is -2.38. The van der Waals surface area contributed by atoms with E-state index in [2.05, 4.69) is 10.7 Å². The van der Waals surface area contributed by atoms with Crippen LogP contribution in [0.1, 0.15) is 23.2 Å². The number of methoxy groups -OCH3 is 2. The number of carbonyl (C=O) groups excluding carboxylic acids is 2. The van der Waals surface area contributed by atoms with Gasteiger partial charge in [0.1, 0.15) is 23.0 Å². The second kappa shape index (κ2) is 7.83. The molecule has 0 radical (unpaired) electrons. The third kappa shape index (κ3) is 3.76. The van der Waals surface area contributed by atoms with Gasteiger partial charge in [0.15, 0.2) is 0 Å². The van der Waals surface area contributed by atoms with Crippen LogP contribution < -0.4 is 25.2 Å². The van der Waals surface area contributed by atoms with Crippen LogP contribution in [0.5, 0.6) is 11.5 Å².